The fourth-order valence-corrected chi connectivity index (χ4v) is 2.76. The highest BCUT2D eigenvalue weighted by molar-refractivity contribution is 5.14. The van der Waals surface area contributed by atoms with Gasteiger partial charge in [-0.2, -0.15) is 0 Å². The molecule has 0 unspecified atom stereocenters. The molecule has 0 aliphatic heterocycles. The maximum Gasteiger partial charge on any atom is -0.0149 e. The van der Waals surface area contributed by atoms with Crippen LogP contribution < -0.4 is 0 Å². The summed E-state index contributed by atoms with van der Waals surface area (Å²) in [6.07, 6.45) is 12.0. The van der Waals surface area contributed by atoms with Gasteiger partial charge in [0.25, 0.3) is 0 Å². The van der Waals surface area contributed by atoms with E-state index in [4.69, 9.17) is 0 Å². The van der Waals surface area contributed by atoms with Crippen LogP contribution in [0.2, 0.25) is 0 Å². The van der Waals surface area contributed by atoms with Crippen LogP contribution in [0.5, 0.6) is 0 Å². The largest absolute Gasteiger partial charge is 0.0622 e. The maximum atomic E-state index is 3.30. The molecule has 0 fully saturated rings. The Hall–Kier alpha value is -1.56. The Labute approximate surface area is 130 Å². The van der Waals surface area contributed by atoms with Crippen LogP contribution in [0, 0.1) is 6.07 Å². The van der Waals surface area contributed by atoms with E-state index < -0.39 is 0 Å². The van der Waals surface area contributed by atoms with E-state index in [1.54, 1.807) is 0 Å². The summed E-state index contributed by atoms with van der Waals surface area (Å²) in [4.78, 5) is 0. The highest BCUT2D eigenvalue weighted by Crippen LogP contribution is 2.12. The van der Waals surface area contributed by atoms with E-state index >= 15 is 0 Å². The minimum atomic E-state index is 1.19. The first-order valence-corrected chi connectivity index (χ1v) is 8.45. The second kappa shape index (κ2) is 10.2. The Morgan fingerprint density at radius 1 is 0.571 bits per heavy atom. The molecule has 0 nitrogen and oxygen atoms in total. The first-order valence-electron chi connectivity index (χ1n) is 8.45. The average molecular weight is 279 g/mol. The molecule has 0 aliphatic rings. The van der Waals surface area contributed by atoms with Gasteiger partial charge in [0, 0.05) is 0 Å². The fourth-order valence-electron chi connectivity index (χ4n) is 2.76. The zero-order valence-corrected chi connectivity index (χ0v) is 13.1. The summed E-state index contributed by atoms with van der Waals surface area (Å²) in [5, 5.41) is 0. The first kappa shape index (κ1) is 15.8. The van der Waals surface area contributed by atoms with Gasteiger partial charge in [0.15, 0.2) is 0 Å². The zero-order chi connectivity index (χ0) is 14.6. The van der Waals surface area contributed by atoms with Crippen molar-refractivity contribution in [2.75, 3.05) is 0 Å². The van der Waals surface area contributed by atoms with Gasteiger partial charge in [-0.05, 0) is 42.9 Å². The molecule has 2 aromatic carbocycles. The molecule has 0 aromatic heterocycles. The molecule has 0 atom stereocenters. The summed E-state index contributed by atoms with van der Waals surface area (Å²) in [6, 6.07) is 22.5. The summed E-state index contributed by atoms with van der Waals surface area (Å²) < 4.78 is 0. The Kier molecular flexibility index (Phi) is 7.69. The van der Waals surface area contributed by atoms with Crippen molar-refractivity contribution in [2.45, 2.75) is 57.8 Å². The number of benzene rings is 2. The van der Waals surface area contributed by atoms with Crippen molar-refractivity contribution in [2.24, 2.45) is 0 Å². The molecule has 21 heavy (non-hydrogen) atoms. The number of hydrogen-bond donors (Lipinski definition) is 0. The second-order valence-corrected chi connectivity index (χ2v) is 5.85. The third-order valence-electron chi connectivity index (χ3n) is 4.03. The van der Waals surface area contributed by atoms with Crippen LogP contribution in [0.25, 0.3) is 0 Å². The van der Waals surface area contributed by atoms with E-state index in [1.165, 1.54) is 68.9 Å². The molecule has 0 N–H and O–H groups in total. The van der Waals surface area contributed by atoms with Crippen molar-refractivity contribution in [1.29, 1.82) is 0 Å². The number of aryl methyl sites for hydroxylation is 2. The summed E-state index contributed by atoms with van der Waals surface area (Å²) in [5.41, 5.74) is 2.84. The van der Waals surface area contributed by atoms with Crippen LogP contribution in [-0.2, 0) is 12.8 Å². The quantitative estimate of drug-likeness (QED) is 0.468. The van der Waals surface area contributed by atoms with Crippen molar-refractivity contribution in [1.82, 2.24) is 0 Å². The Bertz CT molecular complexity index is 412. The molecule has 2 aromatic rings. The third kappa shape index (κ3) is 7.13. The van der Waals surface area contributed by atoms with Gasteiger partial charge in [0.2, 0.25) is 0 Å². The number of hydrogen-bond acceptors (Lipinski definition) is 0. The Balaban J connectivity index is 1.40. The predicted octanol–water partition coefficient (Wildman–Crippen LogP) is 6.00. The Morgan fingerprint density at radius 2 is 1.19 bits per heavy atom. The van der Waals surface area contributed by atoms with E-state index in [-0.39, 0.29) is 0 Å². The molecular weight excluding hydrogens is 252 g/mol. The standard InChI is InChI=1S/C21H27/c1(2-4-8-14-20-16-10-6-11-17-20)3-5-9-15-21-18-12-7-13-19-21/h6-7,10-13,16-18H,1-5,8-9,14-15H2. The third-order valence-corrected chi connectivity index (χ3v) is 4.03. The average Bonchev–Trinajstić information content (AvgIpc) is 2.55. The molecule has 0 aliphatic carbocycles. The summed E-state index contributed by atoms with van der Waals surface area (Å²) in [5.74, 6) is 0. The number of rotatable bonds is 10. The van der Waals surface area contributed by atoms with Crippen molar-refractivity contribution >= 4 is 0 Å². The molecule has 0 heterocycles. The van der Waals surface area contributed by atoms with Crippen molar-refractivity contribution in [3.8, 4) is 0 Å². The highest BCUT2D eigenvalue weighted by Gasteiger charge is 1.95. The fraction of sp³-hybridized carbons (Fsp3) is 0.429. The first-order chi connectivity index (χ1) is 10.4. The van der Waals surface area contributed by atoms with E-state index in [1.807, 2.05) is 12.1 Å². The van der Waals surface area contributed by atoms with E-state index in [0.717, 1.165) is 0 Å². The minimum Gasteiger partial charge on any atom is -0.0622 e. The highest BCUT2D eigenvalue weighted by atomic mass is 14.0. The molecule has 0 amide bonds. The maximum absolute atomic E-state index is 3.30. The molecule has 111 valence electrons. The monoisotopic (exact) mass is 279 g/mol. The molecule has 2 rings (SSSR count). The van der Waals surface area contributed by atoms with Crippen molar-refractivity contribution in [3.05, 3.63) is 71.8 Å². The summed E-state index contributed by atoms with van der Waals surface area (Å²) in [7, 11) is 0. The second-order valence-electron chi connectivity index (χ2n) is 5.85. The van der Waals surface area contributed by atoms with Crippen molar-refractivity contribution < 1.29 is 0 Å². The number of unbranched alkanes of at least 4 members (excludes halogenated alkanes) is 6. The zero-order valence-electron chi connectivity index (χ0n) is 13.1. The van der Waals surface area contributed by atoms with Crippen LogP contribution in [0.3, 0.4) is 0 Å². The topological polar surface area (TPSA) is 0 Å². The van der Waals surface area contributed by atoms with Gasteiger partial charge in [-0.1, -0.05) is 86.7 Å². The normalized spacial score (nSPS) is 10.7. The van der Waals surface area contributed by atoms with Gasteiger partial charge < -0.3 is 0 Å². The van der Waals surface area contributed by atoms with Gasteiger partial charge >= 0.3 is 0 Å². The lowest BCUT2D eigenvalue weighted by Gasteiger charge is -2.03. The lowest BCUT2D eigenvalue weighted by Crippen LogP contribution is -1.87. The minimum absolute atomic E-state index is 1.19. The molecular formula is C21H27. The van der Waals surface area contributed by atoms with E-state index in [9.17, 15) is 0 Å². The molecule has 0 saturated heterocycles. The van der Waals surface area contributed by atoms with Crippen LogP contribution in [0.15, 0.2) is 54.6 Å². The smallest absolute Gasteiger partial charge is 0.0149 e. The van der Waals surface area contributed by atoms with Gasteiger partial charge in [-0.15, -0.1) is 0 Å². The SMILES string of the molecule is [c]1ccccc1CCCCCCCCCc1ccccc1. The molecule has 0 bridgehead atoms. The summed E-state index contributed by atoms with van der Waals surface area (Å²) in [6.45, 7) is 0. The van der Waals surface area contributed by atoms with Crippen LogP contribution in [0.1, 0.15) is 56.1 Å². The van der Waals surface area contributed by atoms with E-state index in [0.29, 0.717) is 0 Å². The molecule has 0 spiro atoms. The van der Waals surface area contributed by atoms with Gasteiger partial charge in [-0.3, -0.25) is 0 Å². The molecule has 0 saturated carbocycles. The summed E-state index contributed by atoms with van der Waals surface area (Å²) >= 11 is 0. The lowest BCUT2D eigenvalue weighted by atomic mass is 10.0. The van der Waals surface area contributed by atoms with Crippen LogP contribution in [-0.4, -0.2) is 0 Å². The van der Waals surface area contributed by atoms with Gasteiger partial charge in [0.05, 0.1) is 0 Å². The van der Waals surface area contributed by atoms with Crippen molar-refractivity contribution in [3.63, 3.8) is 0 Å². The Morgan fingerprint density at radius 3 is 1.86 bits per heavy atom. The molecule has 1 radical (unpaired) electrons. The van der Waals surface area contributed by atoms with Gasteiger partial charge in [-0.25, -0.2) is 0 Å². The predicted molar refractivity (Wildman–Crippen MR) is 91.4 cm³/mol. The van der Waals surface area contributed by atoms with Gasteiger partial charge in [0.1, 0.15) is 0 Å². The van der Waals surface area contributed by atoms with Crippen LogP contribution in [0.4, 0.5) is 0 Å². The van der Waals surface area contributed by atoms with Crippen LogP contribution >= 0.6 is 0 Å². The van der Waals surface area contributed by atoms with E-state index in [2.05, 4.69) is 48.5 Å². The molecule has 0 heteroatoms. The lowest BCUT2D eigenvalue weighted by molar-refractivity contribution is 0.579.